The lowest BCUT2D eigenvalue weighted by Gasteiger charge is -2.38. The molecule has 3 heterocycles. The van der Waals surface area contributed by atoms with Crippen LogP contribution in [0.1, 0.15) is 69.3 Å². The van der Waals surface area contributed by atoms with Crippen LogP contribution in [-0.4, -0.2) is 50.2 Å². The Morgan fingerprint density at radius 2 is 1.46 bits per heavy atom. The summed E-state index contributed by atoms with van der Waals surface area (Å²) in [6.07, 6.45) is 2.98. The smallest absolute Gasteiger partial charge is 0.410 e. The van der Waals surface area contributed by atoms with Gasteiger partial charge in [-0.15, -0.1) is 21.5 Å². The Morgan fingerprint density at radius 3 is 2.12 bits per heavy atom. The fraction of sp³-hybridized carbons (Fsp3) is 0.250. The summed E-state index contributed by atoms with van der Waals surface area (Å²) in [7, 11) is 0. The largest absolute Gasteiger partial charge is 0.485 e. The molecule has 1 fully saturated rings. The summed E-state index contributed by atoms with van der Waals surface area (Å²) in [6, 6.07) is 32.8. The average Bonchev–Trinajstić information content (AvgIpc) is 3.73. The van der Waals surface area contributed by atoms with Gasteiger partial charge in [-0.2, -0.15) is 0 Å². The molecule has 4 aromatic carbocycles. The van der Waals surface area contributed by atoms with E-state index in [9.17, 15) is 14.4 Å². The number of thiazole rings is 1. The summed E-state index contributed by atoms with van der Waals surface area (Å²) in [5.74, 6) is 0.954. The minimum absolute atomic E-state index is 0.0310. The van der Waals surface area contributed by atoms with E-state index in [1.165, 1.54) is 28.7 Å². The second kappa shape index (κ2) is 16.9. The number of aryl methyl sites for hydroxylation is 1. The van der Waals surface area contributed by atoms with Gasteiger partial charge in [0, 0.05) is 30.6 Å². The van der Waals surface area contributed by atoms with E-state index in [1.807, 2.05) is 125 Å². The van der Waals surface area contributed by atoms with Crippen LogP contribution in [0.5, 0.6) is 11.5 Å². The lowest BCUT2D eigenvalue weighted by atomic mass is 10.0. The maximum atomic E-state index is 14.2. The molecule has 12 heteroatoms. The van der Waals surface area contributed by atoms with E-state index in [-0.39, 0.29) is 29.9 Å². The maximum absolute atomic E-state index is 14.2. The van der Waals surface area contributed by atoms with Crippen LogP contribution in [0.4, 0.5) is 4.79 Å². The third-order valence-electron chi connectivity index (χ3n) is 9.00. The van der Waals surface area contributed by atoms with Gasteiger partial charge in [0.05, 0.1) is 11.1 Å². The molecule has 0 aliphatic carbocycles. The first kappa shape index (κ1) is 38.4. The Balaban J connectivity index is 1.20. The van der Waals surface area contributed by atoms with Crippen molar-refractivity contribution in [1.29, 1.82) is 0 Å². The lowest BCUT2D eigenvalue weighted by molar-refractivity contribution is 0.00812. The van der Waals surface area contributed by atoms with Crippen LogP contribution in [0.2, 0.25) is 0 Å². The van der Waals surface area contributed by atoms with Crippen LogP contribution >= 0.6 is 22.7 Å². The minimum atomic E-state index is -0.573. The molecule has 0 unspecified atom stereocenters. The van der Waals surface area contributed by atoms with E-state index < -0.39 is 5.60 Å². The van der Waals surface area contributed by atoms with Crippen LogP contribution in [0.25, 0.3) is 12.2 Å². The highest BCUT2D eigenvalue weighted by atomic mass is 32.1. The third kappa shape index (κ3) is 9.50. The standard InChI is InChI=1S/C44H42N4O6S2/c1-29-13-11-12-18-34(29)35(49)23-40-48(26-39-45-46-41(56-39)33-24-47(25-33)43(51)54-44(2,3)4)42(50)38(55-40)22-32-19-20-36(52-27-30-14-7-5-8-15-30)37(21-32)53-28-31-16-9-6-10-17-31/h5-23,33H,24-28H2,1-4H3/b38-22+,40-23-. The highest BCUT2D eigenvalue weighted by molar-refractivity contribution is 7.11. The van der Waals surface area contributed by atoms with E-state index in [0.29, 0.717) is 57.6 Å². The van der Waals surface area contributed by atoms with Gasteiger partial charge in [0.15, 0.2) is 17.3 Å². The Bertz CT molecular complexity index is 2520. The summed E-state index contributed by atoms with van der Waals surface area (Å²) in [5, 5.41) is 10.2. The average molecular weight is 787 g/mol. The van der Waals surface area contributed by atoms with Crippen molar-refractivity contribution in [1.82, 2.24) is 19.7 Å². The number of rotatable bonds is 12. The Morgan fingerprint density at radius 1 is 0.821 bits per heavy atom. The Labute approximate surface area is 333 Å². The Kier molecular flexibility index (Phi) is 11.6. The number of carbonyl (C=O) groups is 2. The zero-order valence-electron chi connectivity index (χ0n) is 31.6. The minimum Gasteiger partial charge on any atom is -0.485 e. The number of hydrogen-bond acceptors (Lipinski definition) is 10. The van der Waals surface area contributed by atoms with Crippen molar-refractivity contribution in [3.05, 3.63) is 161 Å². The monoisotopic (exact) mass is 786 g/mol. The van der Waals surface area contributed by atoms with Crippen molar-refractivity contribution in [3.8, 4) is 11.5 Å². The van der Waals surface area contributed by atoms with E-state index in [0.717, 1.165) is 27.3 Å². The summed E-state index contributed by atoms with van der Waals surface area (Å²) < 4.78 is 20.5. The second-order valence-corrected chi connectivity index (χ2v) is 16.7. The summed E-state index contributed by atoms with van der Waals surface area (Å²) in [4.78, 5) is 41.9. The van der Waals surface area contributed by atoms with Gasteiger partial charge < -0.3 is 19.1 Å². The number of ketones is 1. The van der Waals surface area contributed by atoms with Crippen LogP contribution in [0, 0.1) is 6.92 Å². The van der Waals surface area contributed by atoms with Crippen molar-refractivity contribution in [2.75, 3.05) is 13.1 Å². The molecular formula is C44H42N4O6S2. The molecule has 0 radical (unpaired) electrons. The first-order valence-corrected chi connectivity index (χ1v) is 19.9. The van der Waals surface area contributed by atoms with Crippen molar-refractivity contribution < 1.29 is 23.8 Å². The molecule has 0 saturated carbocycles. The molecule has 10 nitrogen and oxygen atoms in total. The number of aromatic nitrogens is 3. The Hall–Kier alpha value is -5.85. The predicted molar refractivity (Wildman–Crippen MR) is 219 cm³/mol. The van der Waals surface area contributed by atoms with Crippen LogP contribution in [-0.2, 0) is 24.5 Å². The van der Waals surface area contributed by atoms with Gasteiger partial charge >= 0.3 is 6.09 Å². The van der Waals surface area contributed by atoms with E-state index in [4.69, 9.17) is 14.2 Å². The predicted octanol–water partition coefficient (Wildman–Crippen LogP) is 7.10. The highest BCUT2D eigenvalue weighted by Gasteiger charge is 2.36. The van der Waals surface area contributed by atoms with Crippen LogP contribution < -0.4 is 24.2 Å². The van der Waals surface area contributed by atoms with Crippen molar-refractivity contribution >= 4 is 46.7 Å². The van der Waals surface area contributed by atoms with E-state index in [2.05, 4.69) is 10.2 Å². The van der Waals surface area contributed by atoms with Crippen LogP contribution in [0.3, 0.4) is 0 Å². The van der Waals surface area contributed by atoms with Crippen molar-refractivity contribution in [3.63, 3.8) is 0 Å². The number of Topliss-reactive ketones (excluding diaryl/α,β-unsaturated/α-hetero) is 1. The molecule has 2 aromatic heterocycles. The van der Waals surface area contributed by atoms with Gasteiger partial charge in [0.1, 0.15) is 33.5 Å². The quantitative estimate of drug-likeness (QED) is 0.121. The number of hydrogen-bond donors (Lipinski definition) is 0. The summed E-state index contributed by atoms with van der Waals surface area (Å²) in [6.45, 7) is 9.21. The second-order valence-electron chi connectivity index (χ2n) is 14.5. The molecule has 286 valence electrons. The van der Waals surface area contributed by atoms with Gasteiger partial charge in [-0.3, -0.25) is 14.2 Å². The SMILES string of the molecule is Cc1ccccc1C(=O)/C=c1\s/c(=C/c2ccc(OCc3ccccc3)c(OCc3ccccc3)c2)c(=O)n1Cc1nnc(C2CN(C(=O)OC(C)(C)C)C2)s1. The molecule has 0 N–H and O–H groups in total. The topological polar surface area (TPSA) is 113 Å². The molecule has 56 heavy (non-hydrogen) atoms. The van der Waals surface area contributed by atoms with Crippen LogP contribution in [0.15, 0.2) is 108 Å². The molecule has 7 rings (SSSR count). The zero-order chi connectivity index (χ0) is 39.2. The molecule has 1 aliphatic rings. The molecule has 0 atom stereocenters. The van der Waals surface area contributed by atoms with Gasteiger partial charge in [0.25, 0.3) is 5.56 Å². The number of amides is 1. The number of carbonyl (C=O) groups excluding carboxylic acids is 2. The van der Waals surface area contributed by atoms with E-state index in [1.54, 1.807) is 21.6 Å². The summed E-state index contributed by atoms with van der Waals surface area (Å²) in [5.41, 5.74) is 3.35. The van der Waals surface area contributed by atoms with Gasteiger partial charge in [-0.05, 0) is 68.2 Å². The van der Waals surface area contributed by atoms with Gasteiger partial charge in [-0.1, -0.05) is 102 Å². The van der Waals surface area contributed by atoms with Gasteiger partial charge in [-0.25, -0.2) is 4.79 Å². The highest BCUT2D eigenvalue weighted by Crippen LogP contribution is 2.32. The first-order valence-electron chi connectivity index (χ1n) is 18.3. The number of ether oxygens (including phenoxy) is 3. The fourth-order valence-electron chi connectivity index (χ4n) is 6.04. The zero-order valence-corrected chi connectivity index (χ0v) is 33.3. The summed E-state index contributed by atoms with van der Waals surface area (Å²) >= 11 is 2.64. The fourth-order valence-corrected chi connectivity index (χ4v) is 8.00. The molecule has 1 amide bonds. The molecule has 1 saturated heterocycles. The number of nitrogens with zero attached hydrogens (tertiary/aromatic N) is 4. The third-order valence-corrected chi connectivity index (χ3v) is 11.1. The lowest BCUT2D eigenvalue weighted by Crippen LogP contribution is -2.50. The molecule has 0 bridgehead atoms. The van der Waals surface area contributed by atoms with Crippen molar-refractivity contribution in [2.45, 2.75) is 59.0 Å². The normalized spacial score (nSPS) is 13.8. The molecular weight excluding hydrogens is 745 g/mol. The van der Waals surface area contributed by atoms with Gasteiger partial charge in [0.2, 0.25) is 0 Å². The van der Waals surface area contributed by atoms with Crippen molar-refractivity contribution in [2.24, 2.45) is 0 Å². The first-order chi connectivity index (χ1) is 27.0. The molecule has 1 aliphatic heterocycles. The maximum Gasteiger partial charge on any atom is 0.410 e. The number of benzene rings is 4. The van der Waals surface area contributed by atoms with E-state index >= 15 is 0 Å². The molecule has 0 spiro atoms. The number of likely N-dealkylation sites (tertiary alicyclic amines) is 1. The molecule has 6 aromatic rings.